The molecule has 4 rings (SSSR count). The molecule has 2 heteroatoms. The molecule has 0 bridgehead atoms. The van der Waals surface area contributed by atoms with Crippen molar-refractivity contribution in [2.75, 3.05) is 9.80 Å². The fourth-order valence-electron chi connectivity index (χ4n) is 4.05. The summed E-state index contributed by atoms with van der Waals surface area (Å²) in [6.07, 6.45) is 0.221. The number of hydrogen-bond donors (Lipinski definition) is 0. The second-order valence-corrected chi connectivity index (χ2v) is 6.89. The van der Waals surface area contributed by atoms with Crippen molar-refractivity contribution in [2.45, 2.75) is 33.9 Å². The lowest BCUT2D eigenvalue weighted by molar-refractivity contribution is 0.756. The number of rotatable bonds is 2. The summed E-state index contributed by atoms with van der Waals surface area (Å²) in [5, 5.41) is 0. The van der Waals surface area contributed by atoms with Gasteiger partial charge in [0.1, 0.15) is 6.17 Å². The third-order valence-electron chi connectivity index (χ3n) is 5.20. The molecule has 126 valence electrons. The first-order chi connectivity index (χ1) is 12.1. The molecule has 0 saturated heterocycles. The standard InChI is InChI=1S/C23H24N2/c1-16-10-5-6-13-20(16)24-19(4)25(22-15-8-7-14-21(22)24)23-17(2)11-9-12-18(23)3/h5-15,19H,1-4H3. The van der Waals surface area contributed by atoms with Gasteiger partial charge in [-0.05, 0) is 62.6 Å². The minimum Gasteiger partial charge on any atom is -0.318 e. The van der Waals surface area contributed by atoms with Gasteiger partial charge in [0.25, 0.3) is 0 Å². The Bertz CT molecular complexity index is 909. The van der Waals surface area contributed by atoms with Crippen LogP contribution in [0.25, 0.3) is 0 Å². The molecular formula is C23H24N2. The van der Waals surface area contributed by atoms with E-state index in [-0.39, 0.29) is 6.17 Å². The molecule has 1 heterocycles. The van der Waals surface area contributed by atoms with Crippen LogP contribution in [0, 0.1) is 20.8 Å². The third-order valence-corrected chi connectivity index (χ3v) is 5.20. The predicted molar refractivity (Wildman–Crippen MR) is 107 cm³/mol. The summed E-state index contributed by atoms with van der Waals surface area (Å²) in [4.78, 5) is 4.93. The van der Waals surface area contributed by atoms with Crippen LogP contribution in [-0.2, 0) is 0 Å². The van der Waals surface area contributed by atoms with E-state index in [1.807, 2.05) is 0 Å². The summed E-state index contributed by atoms with van der Waals surface area (Å²) in [7, 11) is 0. The summed E-state index contributed by atoms with van der Waals surface area (Å²) in [6.45, 7) is 8.88. The van der Waals surface area contributed by atoms with E-state index < -0.39 is 0 Å². The monoisotopic (exact) mass is 328 g/mol. The number of aryl methyl sites for hydroxylation is 3. The van der Waals surface area contributed by atoms with E-state index in [9.17, 15) is 0 Å². The molecule has 0 N–H and O–H groups in total. The van der Waals surface area contributed by atoms with Gasteiger partial charge in [-0.2, -0.15) is 0 Å². The molecule has 3 aromatic rings. The summed E-state index contributed by atoms with van der Waals surface area (Å²) in [5.74, 6) is 0. The molecular weight excluding hydrogens is 304 g/mol. The number of para-hydroxylation sites is 4. The van der Waals surface area contributed by atoms with Crippen LogP contribution >= 0.6 is 0 Å². The van der Waals surface area contributed by atoms with Crippen LogP contribution in [0.15, 0.2) is 66.7 Å². The van der Waals surface area contributed by atoms with Gasteiger partial charge >= 0.3 is 0 Å². The Morgan fingerprint density at radius 2 is 1.04 bits per heavy atom. The van der Waals surface area contributed by atoms with Crippen LogP contribution in [0.2, 0.25) is 0 Å². The molecule has 3 aromatic carbocycles. The van der Waals surface area contributed by atoms with E-state index in [2.05, 4.69) is 104 Å². The van der Waals surface area contributed by atoms with E-state index in [0.29, 0.717) is 0 Å². The molecule has 0 radical (unpaired) electrons. The first-order valence-electron chi connectivity index (χ1n) is 8.89. The summed E-state index contributed by atoms with van der Waals surface area (Å²) in [5.41, 5.74) is 9.06. The Morgan fingerprint density at radius 1 is 0.560 bits per heavy atom. The third kappa shape index (κ3) is 2.41. The first kappa shape index (κ1) is 15.8. The molecule has 0 spiro atoms. The molecule has 0 aliphatic carbocycles. The number of fused-ring (bicyclic) bond motifs is 1. The zero-order valence-corrected chi connectivity index (χ0v) is 15.3. The van der Waals surface area contributed by atoms with Gasteiger partial charge in [0, 0.05) is 11.4 Å². The quantitative estimate of drug-likeness (QED) is 0.549. The number of benzene rings is 3. The largest absolute Gasteiger partial charge is 0.318 e. The van der Waals surface area contributed by atoms with E-state index in [1.54, 1.807) is 0 Å². The average Bonchev–Trinajstić information content (AvgIpc) is 2.88. The normalized spacial score (nSPS) is 16.2. The number of hydrogen-bond acceptors (Lipinski definition) is 2. The molecule has 0 aromatic heterocycles. The molecule has 0 saturated carbocycles. The lowest BCUT2D eigenvalue weighted by Gasteiger charge is -2.32. The van der Waals surface area contributed by atoms with Gasteiger partial charge in [-0.1, -0.05) is 48.5 Å². The molecule has 1 atom stereocenters. The lowest BCUT2D eigenvalue weighted by Crippen LogP contribution is -2.36. The fourth-order valence-corrected chi connectivity index (χ4v) is 4.05. The Balaban J connectivity index is 1.93. The molecule has 1 unspecified atom stereocenters. The van der Waals surface area contributed by atoms with Crippen LogP contribution in [0.4, 0.5) is 22.7 Å². The minimum absolute atomic E-state index is 0.221. The molecule has 2 nitrogen and oxygen atoms in total. The average molecular weight is 328 g/mol. The number of nitrogens with zero attached hydrogens (tertiary/aromatic N) is 2. The van der Waals surface area contributed by atoms with Gasteiger partial charge in [0.05, 0.1) is 11.4 Å². The number of anilines is 4. The summed E-state index contributed by atoms with van der Waals surface area (Å²) in [6, 6.07) is 23.9. The van der Waals surface area contributed by atoms with Crippen molar-refractivity contribution in [3.05, 3.63) is 83.4 Å². The Hall–Kier alpha value is -2.74. The second kappa shape index (κ2) is 5.96. The molecule has 25 heavy (non-hydrogen) atoms. The van der Waals surface area contributed by atoms with Crippen LogP contribution in [0.5, 0.6) is 0 Å². The van der Waals surface area contributed by atoms with Crippen molar-refractivity contribution in [3.8, 4) is 0 Å². The van der Waals surface area contributed by atoms with Crippen LogP contribution in [0.1, 0.15) is 23.6 Å². The maximum atomic E-state index is 2.48. The van der Waals surface area contributed by atoms with Gasteiger partial charge in [-0.25, -0.2) is 0 Å². The van der Waals surface area contributed by atoms with Crippen molar-refractivity contribution in [2.24, 2.45) is 0 Å². The van der Waals surface area contributed by atoms with Crippen molar-refractivity contribution in [3.63, 3.8) is 0 Å². The lowest BCUT2D eigenvalue weighted by atomic mass is 10.1. The second-order valence-electron chi connectivity index (χ2n) is 6.89. The highest BCUT2D eigenvalue weighted by Crippen LogP contribution is 2.49. The molecule has 1 aliphatic rings. The van der Waals surface area contributed by atoms with Crippen molar-refractivity contribution in [1.82, 2.24) is 0 Å². The molecule has 1 aliphatic heterocycles. The summed E-state index contributed by atoms with van der Waals surface area (Å²) >= 11 is 0. The van der Waals surface area contributed by atoms with E-state index in [0.717, 1.165) is 0 Å². The zero-order chi connectivity index (χ0) is 17.6. The maximum absolute atomic E-state index is 2.48. The van der Waals surface area contributed by atoms with Gasteiger partial charge in [0.15, 0.2) is 0 Å². The van der Waals surface area contributed by atoms with Gasteiger partial charge in [-0.3, -0.25) is 0 Å². The smallest absolute Gasteiger partial charge is 0.108 e. The molecule has 0 amide bonds. The minimum atomic E-state index is 0.221. The summed E-state index contributed by atoms with van der Waals surface area (Å²) < 4.78 is 0. The van der Waals surface area contributed by atoms with Crippen molar-refractivity contribution >= 4 is 22.7 Å². The molecule has 0 fully saturated rings. The Kier molecular flexibility index (Phi) is 3.76. The van der Waals surface area contributed by atoms with Crippen molar-refractivity contribution in [1.29, 1.82) is 0 Å². The van der Waals surface area contributed by atoms with E-state index in [4.69, 9.17) is 0 Å². The van der Waals surface area contributed by atoms with E-state index in [1.165, 1.54) is 39.4 Å². The van der Waals surface area contributed by atoms with Gasteiger partial charge in [0.2, 0.25) is 0 Å². The van der Waals surface area contributed by atoms with Gasteiger partial charge < -0.3 is 9.80 Å². The van der Waals surface area contributed by atoms with Gasteiger partial charge in [-0.15, -0.1) is 0 Å². The zero-order valence-electron chi connectivity index (χ0n) is 15.3. The topological polar surface area (TPSA) is 6.48 Å². The van der Waals surface area contributed by atoms with Crippen LogP contribution < -0.4 is 9.80 Å². The first-order valence-corrected chi connectivity index (χ1v) is 8.89. The fraction of sp³-hybridized carbons (Fsp3) is 0.217. The SMILES string of the molecule is Cc1ccccc1N1c2ccccc2N(c2c(C)cccc2C)C1C. The van der Waals surface area contributed by atoms with Crippen LogP contribution in [0.3, 0.4) is 0 Å². The maximum Gasteiger partial charge on any atom is 0.108 e. The van der Waals surface area contributed by atoms with Crippen molar-refractivity contribution < 1.29 is 0 Å². The predicted octanol–water partition coefficient (Wildman–Crippen LogP) is 6.25. The van der Waals surface area contributed by atoms with Crippen LogP contribution in [-0.4, -0.2) is 6.17 Å². The highest BCUT2D eigenvalue weighted by Gasteiger charge is 2.36. The van der Waals surface area contributed by atoms with E-state index >= 15 is 0 Å². The Labute approximate surface area is 150 Å². The highest BCUT2D eigenvalue weighted by atomic mass is 15.4. The highest BCUT2D eigenvalue weighted by molar-refractivity contribution is 5.90. The Morgan fingerprint density at radius 3 is 1.64 bits per heavy atom.